The quantitative estimate of drug-likeness (QED) is 0.488. The summed E-state index contributed by atoms with van der Waals surface area (Å²) in [5.74, 6) is -0.392. The van der Waals surface area contributed by atoms with Crippen molar-refractivity contribution in [3.8, 4) is 0 Å². The number of hydrogen-bond donors (Lipinski definition) is 1. The minimum absolute atomic E-state index is 0.132. The zero-order valence-corrected chi connectivity index (χ0v) is 21.9. The van der Waals surface area contributed by atoms with Crippen LogP contribution in [-0.2, 0) is 22.6 Å². The van der Waals surface area contributed by atoms with E-state index >= 15 is 0 Å². The number of rotatable bonds is 8. The molecule has 1 N–H and O–H groups in total. The first kappa shape index (κ1) is 25.7. The molecule has 0 bridgehead atoms. The van der Waals surface area contributed by atoms with Crippen molar-refractivity contribution in [2.75, 3.05) is 51.6 Å². The Morgan fingerprint density at radius 1 is 1.11 bits per heavy atom. The monoisotopic (exact) mass is 524 g/mol. The van der Waals surface area contributed by atoms with Crippen molar-refractivity contribution in [3.63, 3.8) is 0 Å². The van der Waals surface area contributed by atoms with Gasteiger partial charge in [-0.2, -0.15) is 0 Å². The fraction of sp³-hybridized carbons (Fsp3) is 0.429. The summed E-state index contributed by atoms with van der Waals surface area (Å²) in [5, 5.41) is 6.31. The highest BCUT2D eigenvalue weighted by molar-refractivity contribution is 6.30. The van der Waals surface area contributed by atoms with Gasteiger partial charge in [-0.05, 0) is 48.2 Å². The lowest BCUT2D eigenvalue weighted by atomic mass is 10.1. The third-order valence-corrected chi connectivity index (χ3v) is 7.40. The van der Waals surface area contributed by atoms with Gasteiger partial charge in [-0.15, -0.1) is 0 Å². The van der Waals surface area contributed by atoms with Crippen LogP contribution in [0.4, 0.5) is 0 Å². The fourth-order valence-corrected chi connectivity index (χ4v) is 5.32. The highest BCUT2D eigenvalue weighted by atomic mass is 35.5. The van der Waals surface area contributed by atoms with Crippen LogP contribution in [0.2, 0.25) is 5.02 Å². The number of amides is 1. The van der Waals surface area contributed by atoms with Crippen LogP contribution in [0.5, 0.6) is 0 Å². The Labute approximate surface area is 221 Å². The number of carbonyl (C=O) groups excluding carboxylic acids is 1. The Bertz CT molecular complexity index is 1300. The summed E-state index contributed by atoms with van der Waals surface area (Å²) in [6.07, 6.45) is 3.71. The van der Waals surface area contributed by atoms with Gasteiger partial charge in [0.05, 0.1) is 31.4 Å². The molecular weight excluding hydrogens is 492 g/mol. The zero-order valence-electron chi connectivity index (χ0n) is 21.1. The Kier molecular flexibility index (Phi) is 8.10. The smallest absolute Gasteiger partial charge is 0.257 e. The second-order valence-corrected chi connectivity index (χ2v) is 10.1. The van der Waals surface area contributed by atoms with Crippen molar-refractivity contribution in [1.82, 2.24) is 14.9 Å². The lowest BCUT2D eigenvalue weighted by molar-refractivity contribution is 0.0342. The number of methoxy groups -OCH3 is 1. The van der Waals surface area contributed by atoms with Gasteiger partial charge in [0.2, 0.25) is 5.43 Å². The molecule has 5 rings (SSSR count). The van der Waals surface area contributed by atoms with Crippen LogP contribution >= 0.6 is 11.6 Å². The topological polar surface area (TPSA) is 76.0 Å². The number of hydrogen-bond acceptors (Lipinski definition) is 6. The number of aromatic nitrogens is 1. The number of ether oxygens (including phenoxy) is 2. The predicted molar refractivity (Wildman–Crippen MR) is 145 cm³/mol. The maximum Gasteiger partial charge on any atom is 0.257 e. The fourth-order valence-electron chi connectivity index (χ4n) is 5.20. The van der Waals surface area contributed by atoms with Gasteiger partial charge in [-0.25, -0.2) is 0 Å². The van der Waals surface area contributed by atoms with Crippen LogP contribution in [0, 0.1) is 0 Å². The van der Waals surface area contributed by atoms with Crippen molar-refractivity contribution in [2.45, 2.75) is 32.0 Å². The molecule has 3 heterocycles. The van der Waals surface area contributed by atoms with Crippen molar-refractivity contribution in [3.05, 3.63) is 80.6 Å². The van der Waals surface area contributed by atoms with E-state index in [1.165, 1.54) is 0 Å². The van der Waals surface area contributed by atoms with E-state index in [1.807, 2.05) is 28.9 Å². The second kappa shape index (κ2) is 11.6. The number of morpholine rings is 1. The highest BCUT2D eigenvalue weighted by Crippen LogP contribution is 2.22. The molecule has 8 nitrogen and oxygen atoms in total. The molecule has 2 aliphatic rings. The molecule has 0 unspecified atom stereocenters. The molecule has 2 aliphatic heterocycles. The van der Waals surface area contributed by atoms with Gasteiger partial charge >= 0.3 is 0 Å². The van der Waals surface area contributed by atoms with Gasteiger partial charge in [-0.1, -0.05) is 29.8 Å². The molecule has 2 saturated heterocycles. The Balaban J connectivity index is 1.51. The van der Waals surface area contributed by atoms with E-state index in [4.69, 9.17) is 21.1 Å². The number of pyridine rings is 1. The first-order chi connectivity index (χ1) is 18.0. The molecule has 3 aromatic rings. The van der Waals surface area contributed by atoms with Gasteiger partial charge in [0.15, 0.2) is 0 Å². The highest BCUT2D eigenvalue weighted by Gasteiger charge is 2.27. The Morgan fingerprint density at radius 2 is 1.86 bits per heavy atom. The van der Waals surface area contributed by atoms with Crippen LogP contribution in [0.15, 0.2) is 53.5 Å². The van der Waals surface area contributed by atoms with E-state index in [0.717, 1.165) is 55.7 Å². The van der Waals surface area contributed by atoms with Crippen molar-refractivity contribution < 1.29 is 14.3 Å². The number of halogens is 1. The van der Waals surface area contributed by atoms with E-state index in [0.29, 0.717) is 36.8 Å². The Morgan fingerprint density at radius 3 is 2.62 bits per heavy atom. The maximum atomic E-state index is 13.7. The lowest BCUT2D eigenvalue weighted by Gasteiger charge is -2.31. The molecule has 2 aromatic carbocycles. The third kappa shape index (κ3) is 5.83. The van der Waals surface area contributed by atoms with E-state index < -0.39 is 5.91 Å². The molecule has 0 aliphatic carbocycles. The maximum absolute atomic E-state index is 13.7. The van der Waals surface area contributed by atoms with Gasteiger partial charge in [0.1, 0.15) is 5.56 Å². The van der Waals surface area contributed by atoms with E-state index in [9.17, 15) is 9.59 Å². The number of carbonyl (C=O) groups is 1. The lowest BCUT2D eigenvalue weighted by Crippen LogP contribution is -2.43. The van der Waals surface area contributed by atoms with Gasteiger partial charge in [-0.3, -0.25) is 19.2 Å². The largest absolute Gasteiger partial charge is 0.382 e. The minimum Gasteiger partial charge on any atom is -0.382 e. The predicted octanol–water partition coefficient (Wildman–Crippen LogP) is 3.16. The van der Waals surface area contributed by atoms with E-state index in [1.54, 1.807) is 25.4 Å². The van der Waals surface area contributed by atoms with Crippen molar-refractivity contribution in [1.29, 1.82) is 0 Å². The molecule has 1 aromatic heterocycles. The molecule has 0 spiro atoms. The molecular formula is C28H33ClN4O4. The normalized spacial score (nSPS) is 18.4. The number of fused-ring (bicyclic) bond motifs is 1. The summed E-state index contributed by atoms with van der Waals surface area (Å²) >= 11 is 5.98. The molecule has 1 atom stereocenters. The number of nitrogens with one attached hydrogen (secondary N) is 1. The van der Waals surface area contributed by atoms with Crippen molar-refractivity contribution in [2.24, 2.45) is 0 Å². The minimum atomic E-state index is -0.392. The van der Waals surface area contributed by atoms with Crippen LogP contribution < -0.4 is 15.8 Å². The zero-order chi connectivity index (χ0) is 25.8. The molecule has 9 heteroatoms. The SMILES string of the molecule is COC[C@H]1CCCN1n1cc(C(=O)NCc2ccc(Cl)cc2)c(=O)c2cc(CN3CCOCC3)ccc21. The van der Waals surface area contributed by atoms with E-state index in [-0.39, 0.29) is 17.0 Å². The van der Waals surface area contributed by atoms with Crippen LogP contribution in [-0.4, -0.2) is 68.1 Å². The van der Waals surface area contributed by atoms with E-state index in [2.05, 4.69) is 21.3 Å². The van der Waals surface area contributed by atoms with Crippen molar-refractivity contribution >= 4 is 28.4 Å². The number of benzene rings is 2. The average molecular weight is 525 g/mol. The van der Waals surface area contributed by atoms with Gasteiger partial charge in [0.25, 0.3) is 5.91 Å². The summed E-state index contributed by atoms with van der Waals surface area (Å²) in [5.41, 5.74) is 2.63. The summed E-state index contributed by atoms with van der Waals surface area (Å²) < 4.78 is 12.9. The average Bonchev–Trinajstić information content (AvgIpc) is 3.37. The van der Waals surface area contributed by atoms with Crippen LogP contribution in [0.3, 0.4) is 0 Å². The first-order valence-electron chi connectivity index (χ1n) is 12.8. The van der Waals surface area contributed by atoms with Gasteiger partial charge < -0.3 is 19.8 Å². The molecule has 0 radical (unpaired) electrons. The summed E-state index contributed by atoms with van der Waals surface area (Å²) in [6, 6.07) is 13.5. The molecule has 37 heavy (non-hydrogen) atoms. The molecule has 196 valence electrons. The van der Waals surface area contributed by atoms with Crippen LogP contribution in [0.1, 0.15) is 34.3 Å². The molecule has 1 amide bonds. The summed E-state index contributed by atoms with van der Waals surface area (Å²) in [4.78, 5) is 29.3. The third-order valence-electron chi connectivity index (χ3n) is 7.15. The van der Waals surface area contributed by atoms with Crippen LogP contribution in [0.25, 0.3) is 10.9 Å². The summed E-state index contributed by atoms with van der Waals surface area (Å²) in [7, 11) is 1.70. The first-order valence-corrected chi connectivity index (χ1v) is 13.2. The second-order valence-electron chi connectivity index (χ2n) is 9.68. The molecule has 0 saturated carbocycles. The molecule has 2 fully saturated rings. The standard InChI is InChI=1S/C28H33ClN4O4/c1-36-19-23-3-2-10-32(23)33-18-25(28(35)30-16-20-4-7-22(29)8-5-20)27(34)24-15-21(6-9-26(24)33)17-31-11-13-37-14-12-31/h4-9,15,18,23H,2-3,10-14,16-17,19H2,1H3,(H,30,35)/t23-/m1/s1. The van der Waals surface area contributed by atoms with Gasteiger partial charge in [0, 0.05) is 56.4 Å². The summed E-state index contributed by atoms with van der Waals surface area (Å²) in [6.45, 7) is 5.61. The Hall–Kier alpha value is -2.91. The number of nitrogens with zero attached hydrogens (tertiary/aromatic N) is 3.